The number of nitrogens with one attached hydrogen (secondary N) is 1. The molecule has 1 aliphatic heterocycles. The summed E-state index contributed by atoms with van der Waals surface area (Å²) >= 11 is 0. The van der Waals surface area contributed by atoms with Gasteiger partial charge in [-0.15, -0.1) is 0 Å². The maximum atomic E-state index is 5.04. The molecule has 102 valence electrons. The Morgan fingerprint density at radius 1 is 1.56 bits per heavy atom. The molecule has 2 rings (SSSR count). The Labute approximate surface area is 109 Å². The molecule has 1 aromatic heterocycles. The van der Waals surface area contributed by atoms with Gasteiger partial charge < -0.3 is 10.1 Å². The predicted molar refractivity (Wildman–Crippen MR) is 71.4 cm³/mol. The van der Waals surface area contributed by atoms with Crippen LogP contribution in [0.3, 0.4) is 0 Å². The van der Waals surface area contributed by atoms with Gasteiger partial charge in [-0.1, -0.05) is 0 Å². The maximum Gasteiger partial charge on any atom is 0.0764 e. The highest BCUT2D eigenvalue weighted by Crippen LogP contribution is 2.18. The second-order valence-corrected chi connectivity index (χ2v) is 4.94. The lowest BCUT2D eigenvalue weighted by molar-refractivity contribution is 0.190. The van der Waals surface area contributed by atoms with Gasteiger partial charge in [-0.05, 0) is 25.5 Å². The van der Waals surface area contributed by atoms with Gasteiger partial charge >= 0.3 is 0 Å². The van der Waals surface area contributed by atoms with Crippen LogP contribution < -0.4 is 5.32 Å². The van der Waals surface area contributed by atoms with E-state index in [-0.39, 0.29) is 0 Å². The molecule has 1 atom stereocenters. The van der Waals surface area contributed by atoms with Crippen molar-refractivity contribution in [1.82, 2.24) is 20.0 Å². The molecule has 0 amide bonds. The summed E-state index contributed by atoms with van der Waals surface area (Å²) in [6, 6.07) is 2.75. The first kappa shape index (κ1) is 13.5. The van der Waals surface area contributed by atoms with E-state index in [1.54, 1.807) is 7.11 Å². The number of nitrogens with zero attached hydrogens (tertiary/aromatic N) is 3. The Balaban J connectivity index is 1.76. The normalized spacial score (nSPS) is 20.7. The van der Waals surface area contributed by atoms with E-state index < -0.39 is 0 Å². The van der Waals surface area contributed by atoms with Crippen molar-refractivity contribution in [1.29, 1.82) is 0 Å². The lowest BCUT2D eigenvalue weighted by atomic mass is 10.2. The number of hydrogen-bond donors (Lipinski definition) is 1. The van der Waals surface area contributed by atoms with Gasteiger partial charge in [-0.2, -0.15) is 5.10 Å². The SMILES string of the molecule is COCCNCC1CCCN1Cc1ccn(C)n1. The molecule has 5 heteroatoms. The largest absolute Gasteiger partial charge is 0.383 e. The van der Waals surface area contributed by atoms with Crippen LogP contribution in [0.2, 0.25) is 0 Å². The van der Waals surface area contributed by atoms with E-state index in [2.05, 4.69) is 21.4 Å². The molecule has 2 heterocycles. The fourth-order valence-electron chi connectivity index (χ4n) is 2.53. The number of ether oxygens (including phenoxy) is 1. The standard InChI is InChI=1S/C13H24N4O/c1-16-8-5-12(15-16)11-17-7-3-4-13(17)10-14-6-9-18-2/h5,8,13-14H,3-4,6-7,9-11H2,1-2H3. The monoisotopic (exact) mass is 252 g/mol. The second-order valence-electron chi connectivity index (χ2n) is 4.94. The van der Waals surface area contributed by atoms with Crippen molar-refractivity contribution in [3.05, 3.63) is 18.0 Å². The van der Waals surface area contributed by atoms with Crippen molar-refractivity contribution >= 4 is 0 Å². The zero-order chi connectivity index (χ0) is 12.8. The molecular formula is C13H24N4O. The minimum atomic E-state index is 0.642. The fraction of sp³-hybridized carbons (Fsp3) is 0.769. The van der Waals surface area contributed by atoms with Crippen LogP contribution in [0.1, 0.15) is 18.5 Å². The smallest absolute Gasteiger partial charge is 0.0764 e. The quantitative estimate of drug-likeness (QED) is 0.723. The highest BCUT2D eigenvalue weighted by atomic mass is 16.5. The summed E-state index contributed by atoms with van der Waals surface area (Å²) in [5.74, 6) is 0. The third-order valence-electron chi connectivity index (χ3n) is 3.50. The van der Waals surface area contributed by atoms with Gasteiger partial charge in [0.05, 0.1) is 12.3 Å². The van der Waals surface area contributed by atoms with Gasteiger partial charge in [0.25, 0.3) is 0 Å². The summed E-state index contributed by atoms with van der Waals surface area (Å²) in [6.45, 7) is 4.93. The van der Waals surface area contributed by atoms with Gasteiger partial charge in [0.1, 0.15) is 0 Å². The number of rotatable bonds is 7. The molecule has 0 radical (unpaired) electrons. The molecule has 1 fully saturated rings. The van der Waals surface area contributed by atoms with Crippen LogP contribution >= 0.6 is 0 Å². The molecule has 0 aromatic carbocycles. The van der Waals surface area contributed by atoms with E-state index in [0.29, 0.717) is 6.04 Å². The van der Waals surface area contributed by atoms with Gasteiger partial charge in [-0.3, -0.25) is 9.58 Å². The maximum absolute atomic E-state index is 5.04. The van der Waals surface area contributed by atoms with Crippen molar-refractivity contribution in [3.63, 3.8) is 0 Å². The first-order chi connectivity index (χ1) is 8.79. The van der Waals surface area contributed by atoms with E-state index >= 15 is 0 Å². The Kier molecular flexibility index (Phi) is 5.16. The minimum absolute atomic E-state index is 0.642. The summed E-state index contributed by atoms with van der Waals surface area (Å²) in [5.41, 5.74) is 1.17. The first-order valence-electron chi connectivity index (χ1n) is 6.72. The first-order valence-corrected chi connectivity index (χ1v) is 6.72. The molecule has 1 saturated heterocycles. The van der Waals surface area contributed by atoms with Crippen LogP contribution in [0, 0.1) is 0 Å². The molecular weight excluding hydrogens is 228 g/mol. The topological polar surface area (TPSA) is 42.3 Å². The van der Waals surface area contributed by atoms with Crippen LogP contribution in [-0.4, -0.2) is 54.1 Å². The molecule has 1 N–H and O–H groups in total. The molecule has 18 heavy (non-hydrogen) atoms. The zero-order valence-corrected chi connectivity index (χ0v) is 11.4. The zero-order valence-electron chi connectivity index (χ0n) is 11.4. The predicted octanol–water partition coefficient (Wildman–Crippen LogP) is 0.620. The van der Waals surface area contributed by atoms with E-state index in [9.17, 15) is 0 Å². The van der Waals surface area contributed by atoms with Crippen molar-refractivity contribution in [2.75, 3.05) is 33.4 Å². The molecule has 0 bridgehead atoms. The van der Waals surface area contributed by atoms with Gasteiger partial charge in [-0.25, -0.2) is 0 Å². The molecule has 1 unspecified atom stereocenters. The molecule has 1 aliphatic rings. The van der Waals surface area contributed by atoms with E-state index in [1.165, 1.54) is 25.1 Å². The average Bonchev–Trinajstić information content (AvgIpc) is 2.95. The van der Waals surface area contributed by atoms with Gasteiger partial charge in [0.2, 0.25) is 0 Å². The summed E-state index contributed by atoms with van der Waals surface area (Å²) < 4.78 is 6.92. The number of likely N-dealkylation sites (tertiary alicyclic amines) is 1. The van der Waals surface area contributed by atoms with Gasteiger partial charge in [0.15, 0.2) is 0 Å². The molecule has 0 aliphatic carbocycles. The van der Waals surface area contributed by atoms with Crippen molar-refractivity contribution in [2.45, 2.75) is 25.4 Å². The molecule has 0 saturated carbocycles. The van der Waals surface area contributed by atoms with E-state index in [1.807, 2.05) is 17.9 Å². The lowest BCUT2D eigenvalue weighted by Gasteiger charge is -2.23. The number of hydrogen-bond acceptors (Lipinski definition) is 4. The highest BCUT2D eigenvalue weighted by Gasteiger charge is 2.24. The minimum Gasteiger partial charge on any atom is -0.383 e. The van der Waals surface area contributed by atoms with Gasteiger partial charge in [0, 0.05) is 46.0 Å². The van der Waals surface area contributed by atoms with Crippen LogP contribution in [0.4, 0.5) is 0 Å². The van der Waals surface area contributed by atoms with E-state index in [4.69, 9.17) is 4.74 Å². The molecule has 0 spiro atoms. The Bertz CT molecular complexity index is 353. The second kappa shape index (κ2) is 6.87. The van der Waals surface area contributed by atoms with Crippen LogP contribution in [0.25, 0.3) is 0 Å². The lowest BCUT2D eigenvalue weighted by Crippen LogP contribution is -2.38. The summed E-state index contributed by atoms with van der Waals surface area (Å²) in [5, 5.41) is 7.91. The number of aromatic nitrogens is 2. The Morgan fingerprint density at radius 3 is 3.17 bits per heavy atom. The number of methoxy groups -OCH3 is 1. The van der Waals surface area contributed by atoms with Crippen LogP contribution in [0.15, 0.2) is 12.3 Å². The average molecular weight is 252 g/mol. The third kappa shape index (κ3) is 3.80. The van der Waals surface area contributed by atoms with Crippen LogP contribution in [0.5, 0.6) is 0 Å². The highest BCUT2D eigenvalue weighted by molar-refractivity contribution is 5.00. The Hall–Kier alpha value is -0.910. The third-order valence-corrected chi connectivity index (χ3v) is 3.50. The number of aryl methyl sites for hydroxylation is 1. The Morgan fingerprint density at radius 2 is 2.44 bits per heavy atom. The van der Waals surface area contributed by atoms with Crippen molar-refractivity contribution in [3.8, 4) is 0 Å². The molecule has 1 aromatic rings. The van der Waals surface area contributed by atoms with Crippen LogP contribution in [-0.2, 0) is 18.3 Å². The summed E-state index contributed by atoms with van der Waals surface area (Å²) in [6.07, 6.45) is 4.59. The molecule has 5 nitrogen and oxygen atoms in total. The van der Waals surface area contributed by atoms with E-state index in [0.717, 1.165) is 26.2 Å². The van der Waals surface area contributed by atoms with Crippen molar-refractivity contribution in [2.24, 2.45) is 7.05 Å². The fourth-order valence-corrected chi connectivity index (χ4v) is 2.53. The summed E-state index contributed by atoms with van der Waals surface area (Å²) in [4.78, 5) is 2.53. The van der Waals surface area contributed by atoms with Crippen molar-refractivity contribution < 1.29 is 4.74 Å². The summed E-state index contributed by atoms with van der Waals surface area (Å²) in [7, 11) is 3.71.